The fourth-order valence-electron chi connectivity index (χ4n) is 1.21. The van der Waals surface area contributed by atoms with Crippen LogP contribution in [0.4, 0.5) is 0 Å². The zero-order valence-electron chi connectivity index (χ0n) is 9.89. The summed E-state index contributed by atoms with van der Waals surface area (Å²) in [6.45, 7) is 2.86. The number of carbonyl (C=O) groups excluding carboxylic acids is 1. The van der Waals surface area contributed by atoms with Gasteiger partial charge in [0.05, 0.1) is 12.7 Å². The number of carbonyl (C=O) groups is 2. The largest absolute Gasteiger partial charge is 0.496 e. The Bertz CT molecular complexity index is 437. The Labute approximate surface area is 99.0 Å². The zero-order valence-corrected chi connectivity index (χ0v) is 9.89. The van der Waals surface area contributed by atoms with Gasteiger partial charge < -0.3 is 14.6 Å². The Morgan fingerprint density at radius 1 is 1.41 bits per heavy atom. The highest BCUT2D eigenvalue weighted by Gasteiger charge is 2.29. The van der Waals surface area contributed by atoms with Crippen LogP contribution in [0.15, 0.2) is 18.2 Å². The van der Waals surface area contributed by atoms with Gasteiger partial charge in [-0.15, -0.1) is 0 Å². The molecule has 5 nitrogen and oxygen atoms in total. The summed E-state index contributed by atoms with van der Waals surface area (Å²) < 4.78 is 10.3. The second-order valence-corrected chi connectivity index (χ2v) is 3.94. The van der Waals surface area contributed by atoms with Crippen molar-refractivity contribution >= 4 is 12.3 Å². The fraction of sp³-hybridized carbons (Fsp3) is 0.333. The van der Waals surface area contributed by atoms with Gasteiger partial charge in [-0.2, -0.15) is 0 Å². The molecule has 0 atom stereocenters. The summed E-state index contributed by atoms with van der Waals surface area (Å²) in [5.74, 6) is -0.359. The quantitative estimate of drug-likeness (QED) is 0.791. The van der Waals surface area contributed by atoms with E-state index in [2.05, 4.69) is 0 Å². The molecule has 1 N–H and O–H groups in total. The minimum absolute atomic E-state index is 0.306. The molecule has 0 aliphatic rings. The van der Waals surface area contributed by atoms with Crippen LogP contribution < -0.4 is 9.47 Å². The molecule has 0 amide bonds. The van der Waals surface area contributed by atoms with Crippen LogP contribution in [0.25, 0.3) is 0 Å². The van der Waals surface area contributed by atoms with Crippen molar-refractivity contribution in [2.75, 3.05) is 7.11 Å². The number of benzene rings is 1. The molecule has 1 rings (SSSR count). The van der Waals surface area contributed by atoms with Gasteiger partial charge in [0.1, 0.15) is 11.5 Å². The molecule has 0 aliphatic heterocycles. The summed E-state index contributed by atoms with van der Waals surface area (Å²) in [6, 6.07) is 4.55. The summed E-state index contributed by atoms with van der Waals surface area (Å²) in [6.07, 6.45) is 0.624. The van der Waals surface area contributed by atoms with E-state index in [1.165, 1.54) is 27.0 Å². The molecule has 0 bridgehead atoms. The maximum atomic E-state index is 10.9. The van der Waals surface area contributed by atoms with E-state index < -0.39 is 11.6 Å². The van der Waals surface area contributed by atoms with Gasteiger partial charge in [-0.05, 0) is 32.0 Å². The van der Waals surface area contributed by atoms with Gasteiger partial charge in [-0.3, -0.25) is 4.79 Å². The summed E-state index contributed by atoms with van der Waals surface area (Å²) in [5, 5.41) is 8.91. The molecule has 1 aromatic carbocycles. The Morgan fingerprint density at radius 2 is 2.06 bits per heavy atom. The van der Waals surface area contributed by atoms with Crippen LogP contribution in [0.3, 0.4) is 0 Å². The van der Waals surface area contributed by atoms with Crippen molar-refractivity contribution in [3.63, 3.8) is 0 Å². The molecule has 1 aromatic rings. The Morgan fingerprint density at radius 3 is 2.53 bits per heavy atom. The number of ether oxygens (including phenoxy) is 2. The number of carboxylic acid groups (broad SMARTS) is 1. The number of carboxylic acids is 1. The van der Waals surface area contributed by atoms with Crippen LogP contribution in [0.5, 0.6) is 11.5 Å². The maximum absolute atomic E-state index is 10.9. The molecule has 0 aliphatic carbocycles. The van der Waals surface area contributed by atoms with E-state index in [1.54, 1.807) is 12.1 Å². The highest BCUT2D eigenvalue weighted by Crippen LogP contribution is 2.25. The number of hydrogen-bond acceptors (Lipinski definition) is 4. The van der Waals surface area contributed by atoms with Gasteiger partial charge in [0.15, 0.2) is 11.9 Å². The molecule has 17 heavy (non-hydrogen) atoms. The normalized spacial score (nSPS) is 10.8. The van der Waals surface area contributed by atoms with Crippen molar-refractivity contribution in [3.8, 4) is 11.5 Å². The summed E-state index contributed by atoms with van der Waals surface area (Å²) in [5.41, 5.74) is -1.04. The Balaban J connectivity index is 3.01. The number of aldehydes is 1. The van der Waals surface area contributed by atoms with E-state index in [4.69, 9.17) is 14.6 Å². The molecule has 0 radical (unpaired) electrons. The topological polar surface area (TPSA) is 72.8 Å². The first-order valence-corrected chi connectivity index (χ1v) is 4.96. The van der Waals surface area contributed by atoms with E-state index in [0.717, 1.165) is 0 Å². The Kier molecular flexibility index (Phi) is 3.73. The first-order valence-electron chi connectivity index (χ1n) is 4.96. The number of hydrogen-bond donors (Lipinski definition) is 1. The molecular weight excluding hydrogens is 224 g/mol. The van der Waals surface area contributed by atoms with Gasteiger partial charge in [-0.25, -0.2) is 4.79 Å². The number of methoxy groups -OCH3 is 1. The maximum Gasteiger partial charge on any atom is 0.347 e. The minimum Gasteiger partial charge on any atom is -0.496 e. The Hall–Kier alpha value is -2.04. The lowest BCUT2D eigenvalue weighted by molar-refractivity contribution is -0.152. The SMILES string of the molecule is COc1ccc(OC(C)(C)C(=O)O)cc1C=O. The van der Waals surface area contributed by atoms with E-state index in [0.29, 0.717) is 23.3 Å². The second-order valence-electron chi connectivity index (χ2n) is 3.94. The van der Waals surface area contributed by atoms with Crippen LogP contribution in [-0.2, 0) is 4.79 Å². The van der Waals surface area contributed by atoms with Gasteiger partial charge in [0, 0.05) is 0 Å². The first kappa shape index (κ1) is 13.0. The van der Waals surface area contributed by atoms with Gasteiger partial charge >= 0.3 is 5.97 Å². The predicted octanol–water partition coefficient (Wildman–Crippen LogP) is 1.75. The van der Waals surface area contributed by atoms with Crippen LogP contribution in [0, 0.1) is 0 Å². The number of rotatable bonds is 5. The molecule has 0 heterocycles. The molecule has 0 unspecified atom stereocenters. The first-order chi connectivity index (χ1) is 7.90. The van der Waals surface area contributed by atoms with E-state index in [9.17, 15) is 9.59 Å². The summed E-state index contributed by atoms with van der Waals surface area (Å²) >= 11 is 0. The van der Waals surface area contributed by atoms with Crippen LogP contribution >= 0.6 is 0 Å². The molecule has 0 saturated heterocycles. The zero-order chi connectivity index (χ0) is 13.1. The van der Waals surface area contributed by atoms with Crippen molar-refractivity contribution in [3.05, 3.63) is 23.8 Å². The third-order valence-corrected chi connectivity index (χ3v) is 2.22. The van der Waals surface area contributed by atoms with E-state index in [1.807, 2.05) is 0 Å². The lowest BCUT2D eigenvalue weighted by Gasteiger charge is -2.21. The van der Waals surface area contributed by atoms with Crippen molar-refractivity contribution in [1.82, 2.24) is 0 Å². The minimum atomic E-state index is -1.35. The van der Waals surface area contributed by atoms with Crippen molar-refractivity contribution < 1.29 is 24.2 Å². The van der Waals surface area contributed by atoms with Gasteiger partial charge in [0.2, 0.25) is 0 Å². The second kappa shape index (κ2) is 4.86. The monoisotopic (exact) mass is 238 g/mol. The van der Waals surface area contributed by atoms with E-state index >= 15 is 0 Å². The molecule has 0 fully saturated rings. The van der Waals surface area contributed by atoms with Crippen LogP contribution in [0.2, 0.25) is 0 Å². The van der Waals surface area contributed by atoms with Crippen molar-refractivity contribution in [2.24, 2.45) is 0 Å². The number of aliphatic carboxylic acids is 1. The van der Waals surface area contributed by atoms with Gasteiger partial charge in [0.25, 0.3) is 0 Å². The standard InChI is InChI=1S/C12H14O5/c1-12(2,11(14)15)17-9-4-5-10(16-3)8(6-9)7-13/h4-7H,1-3H3,(H,14,15). The predicted molar refractivity (Wildman–Crippen MR) is 60.7 cm³/mol. The molecular formula is C12H14O5. The third-order valence-electron chi connectivity index (χ3n) is 2.22. The summed E-state index contributed by atoms with van der Waals surface area (Å²) in [7, 11) is 1.45. The lowest BCUT2D eigenvalue weighted by atomic mass is 10.1. The highest BCUT2D eigenvalue weighted by molar-refractivity contribution is 5.80. The highest BCUT2D eigenvalue weighted by atomic mass is 16.5. The lowest BCUT2D eigenvalue weighted by Crippen LogP contribution is -2.37. The molecule has 0 saturated carbocycles. The molecule has 92 valence electrons. The van der Waals surface area contributed by atoms with Crippen LogP contribution in [0.1, 0.15) is 24.2 Å². The smallest absolute Gasteiger partial charge is 0.347 e. The van der Waals surface area contributed by atoms with Gasteiger partial charge in [-0.1, -0.05) is 0 Å². The molecule has 0 aromatic heterocycles. The molecule has 0 spiro atoms. The van der Waals surface area contributed by atoms with E-state index in [-0.39, 0.29) is 0 Å². The van der Waals surface area contributed by atoms with Crippen LogP contribution in [-0.4, -0.2) is 30.1 Å². The average Bonchev–Trinajstić information content (AvgIpc) is 2.28. The molecule has 5 heteroatoms. The summed E-state index contributed by atoms with van der Waals surface area (Å²) in [4.78, 5) is 21.7. The fourth-order valence-corrected chi connectivity index (χ4v) is 1.21. The van der Waals surface area contributed by atoms with Crippen molar-refractivity contribution in [1.29, 1.82) is 0 Å². The average molecular weight is 238 g/mol. The third kappa shape index (κ3) is 2.96. The van der Waals surface area contributed by atoms with Crippen molar-refractivity contribution in [2.45, 2.75) is 19.4 Å².